The molecule has 2 nitrogen and oxygen atoms in total. The van der Waals surface area contributed by atoms with Gasteiger partial charge in [-0.3, -0.25) is 0 Å². The highest BCUT2D eigenvalue weighted by Crippen LogP contribution is 2.20. The number of phenols is 1. The van der Waals surface area contributed by atoms with Gasteiger partial charge in [-0.25, -0.2) is 8.78 Å². The summed E-state index contributed by atoms with van der Waals surface area (Å²) in [6.45, 7) is 0. The standard InChI is InChI=1S/C14H13F2NO/c15-12-5-4-10(8-13(12)16)14(17)7-9-2-1-3-11(18)6-9/h1-6,8,14,18H,7,17H2. The van der Waals surface area contributed by atoms with Gasteiger partial charge in [-0.1, -0.05) is 18.2 Å². The highest BCUT2D eigenvalue weighted by molar-refractivity contribution is 5.29. The zero-order valence-electron chi connectivity index (χ0n) is 9.61. The Hall–Kier alpha value is -1.94. The monoisotopic (exact) mass is 249 g/mol. The van der Waals surface area contributed by atoms with Crippen LogP contribution in [0.15, 0.2) is 42.5 Å². The molecule has 0 aliphatic heterocycles. The first-order valence-electron chi connectivity index (χ1n) is 5.54. The molecule has 0 spiro atoms. The second-order valence-corrected chi connectivity index (χ2v) is 4.15. The molecule has 0 aliphatic carbocycles. The molecule has 1 atom stereocenters. The van der Waals surface area contributed by atoms with E-state index in [-0.39, 0.29) is 5.75 Å². The molecule has 0 fully saturated rings. The minimum atomic E-state index is -0.904. The zero-order valence-corrected chi connectivity index (χ0v) is 9.61. The highest BCUT2D eigenvalue weighted by Gasteiger charge is 2.10. The molecule has 2 rings (SSSR count). The molecule has 18 heavy (non-hydrogen) atoms. The van der Waals surface area contributed by atoms with E-state index in [0.717, 1.165) is 17.7 Å². The van der Waals surface area contributed by atoms with Gasteiger partial charge in [-0.2, -0.15) is 0 Å². The van der Waals surface area contributed by atoms with Gasteiger partial charge < -0.3 is 10.8 Å². The number of hydrogen-bond donors (Lipinski definition) is 2. The van der Waals surface area contributed by atoms with Crippen molar-refractivity contribution in [3.8, 4) is 5.75 Å². The van der Waals surface area contributed by atoms with E-state index in [1.165, 1.54) is 6.07 Å². The van der Waals surface area contributed by atoms with E-state index >= 15 is 0 Å². The van der Waals surface area contributed by atoms with Crippen LogP contribution in [0.2, 0.25) is 0 Å². The SMILES string of the molecule is NC(Cc1cccc(O)c1)c1ccc(F)c(F)c1. The summed E-state index contributed by atoms with van der Waals surface area (Å²) < 4.78 is 25.9. The summed E-state index contributed by atoms with van der Waals surface area (Å²) >= 11 is 0. The molecular weight excluding hydrogens is 236 g/mol. The second-order valence-electron chi connectivity index (χ2n) is 4.15. The van der Waals surface area contributed by atoms with Crippen molar-refractivity contribution in [2.75, 3.05) is 0 Å². The number of benzene rings is 2. The lowest BCUT2D eigenvalue weighted by Gasteiger charge is -2.12. The van der Waals surface area contributed by atoms with Crippen LogP contribution in [-0.2, 0) is 6.42 Å². The van der Waals surface area contributed by atoms with Crippen LogP contribution in [-0.4, -0.2) is 5.11 Å². The van der Waals surface area contributed by atoms with Gasteiger partial charge in [0.25, 0.3) is 0 Å². The van der Waals surface area contributed by atoms with Crippen molar-refractivity contribution in [3.63, 3.8) is 0 Å². The van der Waals surface area contributed by atoms with E-state index in [0.29, 0.717) is 12.0 Å². The third kappa shape index (κ3) is 2.84. The molecule has 4 heteroatoms. The molecule has 0 saturated heterocycles. The lowest BCUT2D eigenvalue weighted by molar-refractivity contribution is 0.474. The van der Waals surface area contributed by atoms with Crippen molar-refractivity contribution in [2.24, 2.45) is 5.73 Å². The Kier molecular flexibility index (Phi) is 3.58. The Labute approximate surface area is 104 Å². The van der Waals surface area contributed by atoms with Gasteiger partial charge in [-0.05, 0) is 41.8 Å². The maximum Gasteiger partial charge on any atom is 0.159 e. The van der Waals surface area contributed by atoms with Crippen molar-refractivity contribution in [2.45, 2.75) is 12.5 Å². The van der Waals surface area contributed by atoms with E-state index < -0.39 is 17.7 Å². The normalized spacial score (nSPS) is 12.4. The van der Waals surface area contributed by atoms with Crippen molar-refractivity contribution < 1.29 is 13.9 Å². The molecule has 2 aromatic carbocycles. The van der Waals surface area contributed by atoms with E-state index in [2.05, 4.69) is 0 Å². The molecule has 0 saturated carbocycles. The number of nitrogens with two attached hydrogens (primary N) is 1. The van der Waals surface area contributed by atoms with Gasteiger partial charge in [0.05, 0.1) is 0 Å². The lowest BCUT2D eigenvalue weighted by atomic mass is 9.99. The summed E-state index contributed by atoms with van der Waals surface area (Å²) in [5.41, 5.74) is 7.29. The van der Waals surface area contributed by atoms with Crippen LogP contribution in [0.3, 0.4) is 0 Å². The average molecular weight is 249 g/mol. The molecule has 0 aromatic heterocycles. The molecule has 0 bridgehead atoms. The zero-order chi connectivity index (χ0) is 13.1. The summed E-state index contributed by atoms with van der Waals surface area (Å²) in [5, 5.41) is 9.33. The largest absolute Gasteiger partial charge is 0.508 e. The van der Waals surface area contributed by atoms with Gasteiger partial charge in [-0.15, -0.1) is 0 Å². The van der Waals surface area contributed by atoms with E-state index in [1.807, 2.05) is 6.07 Å². The van der Waals surface area contributed by atoms with Gasteiger partial charge in [0, 0.05) is 6.04 Å². The summed E-state index contributed by atoms with van der Waals surface area (Å²) in [6.07, 6.45) is 0.444. The van der Waals surface area contributed by atoms with Gasteiger partial charge >= 0.3 is 0 Å². The molecule has 94 valence electrons. The van der Waals surface area contributed by atoms with Crippen LogP contribution in [0.25, 0.3) is 0 Å². The summed E-state index contributed by atoms with van der Waals surface area (Å²) in [5.74, 6) is -1.63. The fourth-order valence-electron chi connectivity index (χ4n) is 1.80. The molecule has 3 N–H and O–H groups in total. The fraction of sp³-hybridized carbons (Fsp3) is 0.143. The van der Waals surface area contributed by atoms with E-state index in [4.69, 9.17) is 5.73 Å². The predicted molar refractivity (Wildman–Crippen MR) is 65.1 cm³/mol. The number of hydrogen-bond acceptors (Lipinski definition) is 2. The lowest BCUT2D eigenvalue weighted by Crippen LogP contribution is -2.13. The van der Waals surface area contributed by atoms with Crippen LogP contribution in [0, 0.1) is 11.6 Å². The topological polar surface area (TPSA) is 46.2 Å². The van der Waals surface area contributed by atoms with Crippen molar-refractivity contribution in [3.05, 3.63) is 65.2 Å². The minimum absolute atomic E-state index is 0.157. The molecule has 0 radical (unpaired) electrons. The van der Waals surface area contributed by atoms with Crippen LogP contribution in [0.4, 0.5) is 8.78 Å². The number of phenolic OH excluding ortho intramolecular Hbond substituents is 1. The first kappa shape index (κ1) is 12.5. The smallest absolute Gasteiger partial charge is 0.159 e. The maximum absolute atomic E-state index is 13.1. The Balaban J connectivity index is 2.16. The summed E-state index contributed by atoms with van der Waals surface area (Å²) in [6, 6.07) is 9.87. The van der Waals surface area contributed by atoms with Crippen LogP contribution < -0.4 is 5.73 Å². The van der Waals surface area contributed by atoms with Crippen LogP contribution >= 0.6 is 0 Å². The first-order valence-corrected chi connectivity index (χ1v) is 5.54. The quantitative estimate of drug-likeness (QED) is 0.878. The molecule has 0 amide bonds. The third-order valence-electron chi connectivity index (χ3n) is 2.74. The van der Waals surface area contributed by atoms with Crippen LogP contribution in [0.1, 0.15) is 17.2 Å². The second kappa shape index (κ2) is 5.14. The molecular formula is C14H13F2NO. The highest BCUT2D eigenvalue weighted by atomic mass is 19.2. The van der Waals surface area contributed by atoms with Gasteiger partial charge in [0.15, 0.2) is 11.6 Å². The Morgan fingerprint density at radius 2 is 1.83 bits per heavy atom. The third-order valence-corrected chi connectivity index (χ3v) is 2.74. The summed E-state index contributed by atoms with van der Waals surface area (Å²) in [4.78, 5) is 0. The fourth-order valence-corrected chi connectivity index (χ4v) is 1.80. The van der Waals surface area contributed by atoms with Crippen LogP contribution in [0.5, 0.6) is 5.75 Å². The number of rotatable bonds is 3. The summed E-state index contributed by atoms with van der Waals surface area (Å²) in [7, 11) is 0. The average Bonchev–Trinajstić information content (AvgIpc) is 2.32. The molecule has 1 unspecified atom stereocenters. The maximum atomic E-state index is 13.1. The first-order chi connectivity index (χ1) is 8.56. The Morgan fingerprint density at radius 3 is 2.50 bits per heavy atom. The van der Waals surface area contributed by atoms with E-state index in [9.17, 15) is 13.9 Å². The molecule has 0 aliphatic rings. The Bertz CT molecular complexity index is 557. The van der Waals surface area contributed by atoms with Crippen molar-refractivity contribution in [1.29, 1.82) is 0 Å². The Morgan fingerprint density at radius 1 is 1.06 bits per heavy atom. The minimum Gasteiger partial charge on any atom is -0.508 e. The van der Waals surface area contributed by atoms with Gasteiger partial charge in [0.2, 0.25) is 0 Å². The molecule has 0 heterocycles. The molecule has 2 aromatic rings. The van der Waals surface area contributed by atoms with Crippen molar-refractivity contribution in [1.82, 2.24) is 0 Å². The van der Waals surface area contributed by atoms with Crippen molar-refractivity contribution >= 4 is 0 Å². The number of halogens is 2. The van der Waals surface area contributed by atoms with Gasteiger partial charge in [0.1, 0.15) is 5.75 Å². The number of aromatic hydroxyl groups is 1. The predicted octanol–water partition coefficient (Wildman–Crippen LogP) is 2.91. The van der Waals surface area contributed by atoms with E-state index in [1.54, 1.807) is 18.2 Å².